The zero-order chi connectivity index (χ0) is 14.6. The maximum Gasteiger partial charge on any atom is -0.0300 e. The quantitative estimate of drug-likeness (QED) is 0.511. The van der Waals surface area contributed by atoms with Crippen molar-refractivity contribution in [2.24, 2.45) is 35.0 Å². The molecule has 0 heterocycles. The van der Waals surface area contributed by atoms with Gasteiger partial charge in [-0.15, -0.1) is 0 Å². The van der Waals surface area contributed by atoms with Crippen LogP contribution >= 0.6 is 0 Å². The molecule has 1 aliphatic rings. The summed E-state index contributed by atoms with van der Waals surface area (Å²) in [5.41, 5.74) is 0.553. The van der Waals surface area contributed by atoms with Gasteiger partial charge in [0.25, 0.3) is 0 Å². The van der Waals surface area contributed by atoms with Crippen LogP contribution in [-0.2, 0) is 0 Å². The molecule has 1 aliphatic carbocycles. The Bertz CT molecular complexity index is 253. The molecule has 0 aromatic carbocycles. The first-order chi connectivity index (χ1) is 8.88. The Morgan fingerprint density at radius 1 is 1.11 bits per heavy atom. The molecule has 0 bridgehead atoms. The van der Waals surface area contributed by atoms with Gasteiger partial charge in [-0.1, -0.05) is 74.1 Å². The summed E-state index contributed by atoms with van der Waals surface area (Å²) in [6, 6.07) is 0. The first kappa shape index (κ1) is 17.1. The van der Waals surface area contributed by atoms with E-state index in [1.807, 2.05) is 0 Å². The molecule has 114 valence electrons. The molecular weight excluding hydrogens is 228 g/mol. The molecule has 0 aliphatic heterocycles. The lowest BCUT2D eigenvalue weighted by atomic mass is 9.56. The van der Waals surface area contributed by atoms with Crippen LogP contribution in [0.1, 0.15) is 87.0 Å². The monoisotopic (exact) mass is 266 g/mol. The van der Waals surface area contributed by atoms with Gasteiger partial charge < -0.3 is 0 Å². The lowest BCUT2D eigenvalue weighted by Gasteiger charge is -2.49. The molecule has 0 N–H and O–H groups in total. The zero-order valence-electron chi connectivity index (χ0n) is 14.6. The largest absolute Gasteiger partial charge is 0.0654 e. The number of hydrogen-bond acceptors (Lipinski definition) is 0. The molecule has 5 unspecified atom stereocenters. The third-order valence-corrected chi connectivity index (χ3v) is 6.73. The van der Waals surface area contributed by atoms with Gasteiger partial charge in [0.2, 0.25) is 0 Å². The first-order valence-electron chi connectivity index (χ1n) is 8.88. The molecule has 0 heteroatoms. The van der Waals surface area contributed by atoms with Crippen LogP contribution in [0.2, 0.25) is 0 Å². The van der Waals surface area contributed by atoms with Crippen LogP contribution in [0.15, 0.2) is 0 Å². The van der Waals surface area contributed by atoms with Crippen LogP contribution in [0.3, 0.4) is 0 Å². The fourth-order valence-corrected chi connectivity index (χ4v) is 4.64. The highest BCUT2D eigenvalue weighted by Crippen LogP contribution is 2.51. The summed E-state index contributed by atoms with van der Waals surface area (Å²) in [6.45, 7) is 17.2. The van der Waals surface area contributed by atoms with E-state index >= 15 is 0 Å². The Balaban J connectivity index is 2.74. The van der Waals surface area contributed by atoms with E-state index < -0.39 is 0 Å². The maximum absolute atomic E-state index is 2.55. The molecule has 0 aromatic rings. The Morgan fingerprint density at radius 2 is 1.74 bits per heavy atom. The van der Waals surface area contributed by atoms with Crippen molar-refractivity contribution in [1.82, 2.24) is 0 Å². The van der Waals surface area contributed by atoms with Crippen molar-refractivity contribution >= 4 is 0 Å². The molecular formula is C19H38. The summed E-state index contributed by atoms with van der Waals surface area (Å²) in [4.78, 5) is 0. The van der Waals surface area contributed by atoms with Gasteiger partial charge in [0, 0.05) is 0 Å². The Morgan fingerprint density at radius 3 is 2.21 bits per heavy atom. The van der Waals surface area contributed by atoms with Crippen molar-refractivity contribution in [3.8, 4) is 0 Å². The van der Waals surface area contributed by atoms with E-state index in [0.29, 0.717) is 5.41 Å². The minimum atomic E-state index is 0.553. The molecule has 5 atom stereocenters. The van der Waals surface area contributed by atoms with Crippen molar-refractivity contribution in [3.05, 3.63) is 0 Å². The standard InChI is InChI=1S/C19H38/c1-8-11-16(9-2)15(5)17-12-14(4)19(6,7)18(10-3)13-17/h14-18H,8-13H2,1-7H3. The molecule has 0 saturated heterocycles. The zero-order valence-corrected chi connectivity index (χ0v) is 14.6. The van der Waals surface area contributed by atoms with Crippen molar-refractivity contribution in [1.29, 1.82) is 0 Å². The summed E-state index contributed by atoms with van der Waals surface area (Å²) >= 11 is 0. The van der Waals surface area contributed by atoms with Gasteiger partial charge in [0.15, 0.2) is 0 Å². The van der Waals surface area contributed by atoms with Crippen LogP contribution in [0, 0.1) is 35.0 Å². The molecule has 0 amide bonds. The smallest absolute Gasteiger partial charge is 0.0300 e. The molecule has 0 spiro atoms. The SMILES string of the molecule is CCCC(CC)C(C)C1CC(C)C(C)(C)C(CC)C1. The van der Waals surface area contributed by atoms with Gasteiger partial charge in [-0.2, -0.15) is 0 Å². The lowest BCUT2D eigenvalue weighted by molar-refractivity contribution is 0.00529. The average molecular weight is 267 g/mol. The van der Waals surface area contributed by atoms with Crippen LogP contribution in [0.5, 0.6) is 0 Å². The average Bonchev–Trinajstić information content (AvgIpc) is 2.38. The van der Waals surface area contributed by atoms with E-state index in [1.165, 1.54) is 38.5 Å². The van der Waals surface area contributed by atoms with E-state index in [2.05, 4.69) is 48.5 Å². The highest BCUT2D eigenvalue weighted by atomic mass is 14.5. The highest BCUT2D eigenvalue weighted by Gasteiger charge is 2.42. The minimum absolute atomic E-state index is 0.553. The maximum atomic E-state index is 2.55. The fourth-order valence-electron chi connectivity index (χ4n) is 4.64. The van der Waals surface area contributed by atoms with E-state index in [4.69, 9.17) is 0 Å². The second-order valence-corrected chi connectivity index (χ2v) is 7.88. The second kappa shape index (κ2) is 7.14. The van der Waals surface area contributed by atoms with Crippen LogP contribution < -0.4 is 0 Å². The third kappa shape index (κ3) is 3.76. The van der Waals surface area contributed by atoms with E-state index in [0.717, 1.165) is 29.6 Å². The first-order valence-corrected chi connectivity index (χ1v) is 8.88. The van der Waals surface area contributed by atoms with Gasteiger partial charge in [-0.3, -0.25) is 0 Å². The molecule has 0 nitrogen and oxygen atoms in total. The molecule has 1 rings (SSSR count). The van der Waals surface area contributed by atoms with Gasteiger partial charge in [0.1, 0.15) is 0 Å². The summed E-state index contributed by atoms with van der Waals surface area (Å²) in [5, 5.41) is 0. The van der Waals surface area contributed by atoms with Crippen LogP contribution in [0.25, 0.3) is 0 Å². The molecule has 1 saturated carbocycles. The van der Waals surface area contributed by atoms with Crippen molar-refractivity contribution in [2.45, 2.75) is 87.0 Å². The third-order valence-electron chi connectivity index (χ3n) is 6.73. The van der Waals surface area contributed by atoms with Crippen molar-refractivity contribution < 1.29 is 0 Å². The topological polar surface area (TPSA) is 0 Å². The lowest BCUT2D eigenvalue weighted by Crippen LogP contribution is -2.40. The molecule has 0 aromatic heterocycles. The Hall–Kier alpha value is 0. The summed E-state index contributed by atoms with van der Waals surface area (Å²) in [5.74, 6) is 4.68. The number of rotatable bonds is 6. The minimum Gasteiger partial charge on any atom is -0.0654 e. The van der Waals surface area contributed by atoms with Crippen molar-refractivity contribution in [2.75, 3.05) is 0 Å². The van der Waals surface area contributed by atoms with Gasteiger partial charge in [0.05, 0.1) is 0 Å². The number of hydrogen-bond donors (Lipinski definition) is 0. The normalized spacial score (nSPS) is 33.9. The molecule has 19 heavy (non-hydrogen) atoms. The molecule has 0 radical (unpaired) electrons. The second-order valence-electron chi connectivity index (χ2n) is 7.88. The van der Waals surface area contributed by atoms with Gasteiger partial charge in [-0.25, -0.2) is 0 Å². The van der Waals surface area contributed by atoms with E-state index in [1.54, 1.807) is 0 Å². The summed E-state index contributed by atoms with van der Waals surface area (Å²) in [7, 11) is 0. The van der Waals surface area contributed by atoms with Crippen LogP contribution in [0.4, 0.5) is 0 Å². The van der Waals surface area contributed by atoms with Gasteiger partial charge >= 0.3 is 0 Å². The predicted molar refractivity (Wildman–Crippen MR) is 87.3 cm³/mol. The van der Waals surface area contributed by atoms with Crippen LogP contribution in [-0.4, -0.2) is 0 Å². The Labute approximate surface area is 122 Å². The van der Waals surface area contributed by atoms with Crippen molar-refractivity contribution in [3.63, 3.8) is 0 Å². The Kier molecular flexibility index (Phi) is 6.40. The van der Waals surface area contributed by atoms with E-state index in [-0.39, 0.29) is 0 Å². The summed E-state index contributed by atoms with van der Waals surface area (Å²) in [6.07, 6.45) is 8.47. The summed E-state index contributed by atoms with van der Waals surface area (Å²) < 4.78 is 0. The van der Waals surface area contributed by atoms with E-state index in [9.17, 15) is 0 Å². The molecule has 1 fully saturated rings. The highest BCUT2D eigenvalue weighted by molar-refractivity contribution is 4.92. The van der Waals surface area contributed by atoms with Gasteiger partial charge in [-0.05, 0) is 47.8 Å². The predicted octanol–water partition coefficient (Wildman–Crippen LogP) is 6.55. The fraction of sp³-hybridized carbons (Fsp3) is 1.00.